The summed E-state index contributed by atoms with van der Waals surface area (Å²) in [4.78, 5) is 3.89. The molecule has 1 N–H and O–H groups in total. The molecule has 1 radical (unpaired) electrons. The molecule has 0 saturated heterocycles. The van der Waals surface area contributed by atoms with Crippen LogP contribution in [0.2, 0.25) is 0 Å². The third kappa shape index (κ3) is 3.41. The van der Waals surface area contributed by atoms with E-state index in [0.29, 0.717) is 12.8 Å². The number of hydrogen-bond donors (Lipinski definition) is 1. The van der Waals surface area contributed by atoms with Gasteiger partial charge < -0.3 is 0 Å². The van der Waals surface area contributed by atoms with Gasteiger partial charge >= 0.3 is 0 Å². The second-order valence-corrected chi connectivity index (χ2v) is 5.51. The predicted molar refractivity (Wildman–Crippen MR) is 50.3 cm³/mol. The zero-order chi connectivity index (χ0) is 9.90. The van der Waals surface area contributed by atoms with Crippen molar-refractivity contribution in [2.24, 2.45) is 0 Å². The van der Waals surface area contributed by atoms with E-state index < -0.39 is 15.4 Å². The van der Waals surface area contributed by atoms with Crippen molar-refractivity contribution in [2.45, 2.75) is 25.0 Å². The molecule has 1 aromatic rings. The Morgan fingerprint density at radius 3 is 2.92 bits per heavy atom. The quantitative estimate of drug-likeness (QED) is 0.773. The summed E-state index contributed by atoms with van der Waals surface area (Å²) < 4.78 is 29.9. The van der Waals surface area contributed by atoms with Gasteiger partial charge in [-0.15, -0.1) is 11.3 Å². The fourth-order valence-electron chi connectivity index (χ4n) is 0.810. The van der Waals surface area contributed by atoms with Crippen LogP contribution in [-0.2, 0) is 16.5 Å². The first-order chi connectivity index (χ1) is 6.00. The lowest BCUT2D eigenvalue weighted by atomic mass is 10.2. The molecule has 6 heteroatoms. The van der Waals surface area contributed by atoms with Crippen LogP contribution in [0.3, 0.4) is 0 Å². The van der Waals surface area contributed by atoms with Crippen molar-refractivity contribution < 1.29 is 13.0 Å². The van der Waals surface area contributed by atoms with Crippen molar-refractivity contribution in [2.75, 3.05) is 0 Å². The molecule has 13 heavy (non-hydrogen) atoms. The van der Waals surface area contributed by atoms with E-state index in [1.807, 2.05) is 0 Å². The van der Waals surface area contributed by atoms with Gasteiger partial charge in [0.25, 0.3) is 10.1 Å². The van der Waals surface area contributed by atoms with Crippen LogP contribution >= 0.6 is 11.3 Å². The summed E-state index contributed by atoms with van der Waals surface area (Å²) >= 11 is 1.43. The van der Waals surface area contributed by atoms with Crippen molar-refractivity contribution in [3.8, 4) is 0 Å². The van der Waals surface area contributed by atoms with Gasteiger partial charge in [0, 0.05) is 11.8 Å². The molecule has 0 aliphatic carbocycles. The topological polar surface area (TPSA) is 67.3 Å². The molecule has 0 aromatic carbocycles. The maximum absolute atomic E-state index is 10.6. The maximum Gasteiger partial charge on any atom is 0.267 e. The maximum atomic E-state index is 10.6. The van der Waals surface area contributed by atoms with Gasteiger partial charge in [0.2, 0.25) is 0 Å². The van der Waals surface area contributed by atoms with Crippen molar-refractivity contribution in [3.05, 3.63) is 16.6 Å². The fourth-order valence-corrected chi connectivity index (χ4v) is 1.81. The molecule has 1 rings (SSSR count). The third-order valence-corrected chi connectivity index (χ3v) is 3.75. The van der Waals surface area contributed by atoms with Crippen molar-refractivity contribution in [1.82, 2.24) is 4.98 Å². The van der Waals surface area contributed by atoms with Crippen LogP contribution in [0.15, 0.2) is 5.38 Å². The Hall–Kier alpha value is -0.460. The summed E-state index contributed by atoms with van der Waals surface area (Å²) in [6.07, 6.45) is 3.60. The van der Waals surface area contributed by atoms with Gasteiger partial charge in [0.15, 0.2) is 0 Å². The van der Waals surface area contributed by atoms with E-state index in [-0.39, 0.29) is 0 Å². The number of rotatable bonds is 4. The van der Waals surface area contributed by atoms with Crippen molar-refractivity contribution in [1.29, 1.82) is 0 Å². The third-order valence-electron chi connectivity index (χ3n) is 1.71. The number of aromatic nitrogens is 1. The summed E-state index contributed by atoms with van der Waals surface area (Å²) in [6, 6.07) is 0. The van der Waals surface area contributed by atoms with E-state index in [9.17, 15) is 8.42 Å². The molecule has 0 bridgehead atoms. The molecule has 1 heterocycles. The molecule has 0 amide bonds. The highest BCUT2D eigenvalue weighted by Gasteiger charge is 2.16. The summed E-state index contributed by atoms with van der Waals surface area (Å²) in [5.74, 6) is 0. The molecule has 0 aliphatic heterocycles. The van der Waals surface area contributed by atoms with Crippen LogP contribution in [0.5, 0.6) is 0 Å². The molecule has 0 saturated carbocycles. The van der Waals surface area contributed by atoms with Crippen LogP contribution in [-0.4, -0.2) is 23.2 Å². The van der Waals surface area contributed by atoms with Gasteiger partial charge in [0.05, 0.1) is 10.3 Å². The van der Waals surface area contributed by atoms with Crippen molar-refractivity contribution in [3.63, 3.8) is 0 Å². The number of hydrogen-bond acceptors (Lipinski definition) is 4. The minimum absolute atomic E-state index is 0.389. The standard InChI is InChI=1S/C7H10NO3S2/c1-6(13(9,10)11)2-3-7-8-4-5-12-7/h5-6H,2-3H2,1H3,(H,9,10,11). The molecule has 4 nitrogen and oxygen atoms in total. The lowest BCUT2D eigenvalue weighted by molar-refractivity contribution is 0.466. The lowest BCUT2D eigenvalue weighted by Gasteiger charge is -2.05. The van der Waals surface area contributed by atoms with E-state index in [2.05, 4.69) is 11.2 Å². The Kier molecular flexibility index (Phi) is 3.40. The average molecular weight is 220 g/mol. The van der Waals surface area contributed by atoms with E-state index in [0.717, 1.165) is 5.01 Å². The largest absolute Gasteiger partial charge is 0.285 e. The van der Waals surface area contributed by atoms with Crippen molar-refractivity contribution >= 4 is 21.5 Å². The molecule has 0 spiro atoms. The number of aryl methyl sites for hydroxylation is 1. The van der Waals surface area contributed by atoms with E-state index >= 15 is 0 Å². The van der Waals surface area contributed by atoms with Crippen LogP contribution in [0.4, 0.5) is 0 Å². The Morgan fingerprint density at radius 2 is 2.46 bits per heavy atom. The zero-order valence-electron chi connectivity index (χ0n) is 7.10. The lowest BCUT2D eigenvalue weighted by Crippen LogP contribution is -2.17. The van der Waals surface area contributed by atoms with Crippen LogP contribution < -0.4 is 0 Å². The van der Waals surface area contributed by atoms with Crippen LogP contribution in [0.1, 0.15) is 18.4 Å². The Labute approximate surface area is 81.4 Å². The van der Waals surface area contributed by atoms with Gasteiger partial charge in [0.1, 0.15) is 6.20 Å². The second-order valence-electron chi connectivity index (χ2n) is 2.73. The smallest absolute Gasteiger partial charge is 0.267 e. The SMILES string of the molecule is CC(CCc1n[c]cs1)S(=O)(=O)O. The molecule has 0 fully saturated rings. The fraction of sp³-hybridized carbons (Fsp3) is 0.571. The molecule has 1 aromatic heterocycles. The summed E-state index contributed by atoms with van der Waals surface area (Å²) in [5, 5.41) is 1.83. The average Bonchev–Trinajstić information content (AvgIpc) is 2.50. The first-order valence-electron chi connectivity index (χ1n) is 3.77. The van der Waals surface area contributed by atoms with E-state index in [1.54, 1.807) is 5.38 Å². The Bertz CT molecular complexity index is 344. The second kappa shape index (κ2) is 4.17. The first kappa shape index (κ1) is 10.6. The molecule has 1 atom stereocenters. The highest BCUT2D eigenvalue weighted by atomic mass is 32.2. The van der Waals surface area contributed by atoms with Gasteiger partial charge in [-0.1, -0.05) is 0 Å². The first-order valence-corrected chi connectivity index (χ1v) is 6.15. The highest BCUT2D eigenvalue weighted by Crippen LogP contribution is 2.11. The minimum Gasteiger partial charge on any atom is -0.285 e. The molecular formula is C7H10NO3S2. The van der Waals surface area contributed by atoms with Gasteiger partial charge in [-0.25, -0.2) is 4.98 Å². The normalized spacial score (nSPS) is 14.3. The molecule has 73 valence electrons. The van der Waals surface area contributed by atoms with E-state index in [4.69, 9.17) is 4.55 Å². The van der Waals surface area contributed by atoms with Crippen LogP contribution in [0, 0.1) is 6.20 Å². The van der Waals surface area contributed by atoms with Crippen LogP contribution in [0.25, 0.3) is 0 Å². The van der Waals surface area contributed by atoms with Gasteiger partial charge in [-0.2, -0.15) is 8.42 Å². The number of nitrogens with zero attached hydrogens (tertiary/aromatic N) is 1. The molecule has 1 unspecified atom stereocenters. The van der Waals surface area contributed by atoms with Gasteiger partial charge in [-0.05, 0) is 13.3 Å². The Morgan fingerprint density at radius 1 is 1.77 bits per heavy atom. The number of thiazole rings is 1. The Balaban J connectivity index is 2.44. The zero-order valence-corrected chi connectivity index (χ0v) is 8.73. The minimum atomic E-state index is -3.89. The monoisotopic (exact) mass is 220 g/mol. The summed E-state index contributed by atoms with van der Waals surface area (Å²) in [6.45, 7) is 1.48. The molecular weight excluding hydrogens is 210 g/mol. The highest BCUT2D eigenvalue weighted by molar-refractivity contribution is 7.86. The summed E-state index contributed by atoms with van der Waals surface area (Å²) in [5.41, 5.74) is 0. The predicted octanol–water partition coefficient (Wildman–Crippen LogP) is 1.15. The summed E-state index contributed by atoms with van der Waals surface area (Å²) in [7, 11) is -3.89. The van der Waals surface area contributed by atoms with E-state index in [1.165, 1.54) is 18.3 Å². The molecule has 0 aliphatic rings. The van der Waals surface area contributed by atoms with Gasteiger partial charge in [-0.3, -0.25) is 4.55 Å².